The lowest BCUT2D eigenvalue weighted by Gasteiger charge is -2.41. The fourth-order valence-corrected chi connectivity index (χ4v) is 1.19. The second kappa shape index (κ2) is 2.35. The van der Waals surface area contributed by atoms with E-state index in [4.69, 9.17) is 5.11 Å². The highest BCUT2D eigenvalue weighted by molar-refractivity contribution is 5.84. The van der Waals surface area contributed by atoms with Crippen molar-refractivity contribution in [2.24, 2.45) is 11.7 Å². The molecule has 3 N–H and O–H groups in total. The van der Waals surface area contributed by atoms with E-state index >= 15 is 0 Å². The highest BCUT2D eigenvalue weighted by Crippen LogP contribution is 2.46. The van der Waals surface area contributed by atoms with Crippen LogP contribution in [0.4, 0.5) is 13.2 Å². The van der Waals surface area contributed by atoms with Crippen LogP contribution in [0.5, 0.6) is 0 Å². The molecule has 0 aliphatic heterocycles. The number of carbonyl (C=O) groups excluding carboxylic acids is 1. The Labute approximate surface area is 66.4 Å². The number of halogens is 3. The van der Waals surface area contributed by atoms with Crippen molar-refractivity contribution in [1.82, 2.24) is 0 Å². The first kappa shape index (κ1) is 9.31. The number of hydrogen-bond donors (Lipinski definition) is 2. The molecule has 0 aromatic carbocycles. The van der Waals surface area contributed by atoms with Crippen molar-refractivity contribution in [3.05, 3.63) is 0 Å². The minimum atomic E-state index is -4.33. The molecule has 1 rings (SSSR count). The number of aliphatic hydroxyl groups is 1. The standard InChI is InChI=1S/C6H8F3NO2/c7-6(8,9)3-1-5(12,2-3)4(10)11/h3,12H,1-2H2,(H2,10,11). The molecule has 0 bridgehead atoms. The van der Waals surface area contributed by atoms with Crippen molar-refractivity contribution in [1.29, 1.82) is 0 Å². The molecule has 70 valence electrons. The van der Waals surface area contributed by atoms with Crippen molar-refractivity contribution in [3.63, 3.8) is 0 Å². The van der Waals surface area contributed by atoms with Crippen molar-refractivity contribution < 1.29 is 23.1 Å². The monoisotopic (exact) mass is 183 g/mol. The number of amides is 1. The fourth-order valence-electron chi connectivity index (χ4n) is 1.19. The Morgan fingerprint density at radius 1 is 1.50 bits per heavy atom. The Hall–Kier alpha value is -0.780. The lowest BCUT2D eigenvalue weighted by molar-refractivity contribution is -0.234. The average Bonchev–Trinajstić information content (AvgIpc) is 1.77. The average molecular weight is 183 g/mol. The van der Waals surface area contributed by atoms with Gasteiger partial charge < -0.3 is 10.8 Å². The molecular weight excluding hydrogens is 175 g/mol. The molecule has 0 atom stereocenters. The molecule has 0 aromatic rings. The van der Waals surface area contributed by atoms with Gasteiger partial charge in [-0.05, 0) is 12.8 Å². The van der Waals surface area contributed by atoms with Gasteiger partial charge in [0.15, 0.2) is 0 Å². The molecule has 1 fully saturated rings. The molecule has 1 amide bonds. The van der Waals surface area contributed by atoms with E-state index in [9.17, 15) is 18.0 Å². The van der Waals surface area contributed by atoms with Crippen molar-refractivity contribution in [2.75, 3.05) is 0 Å². The van der Waals surface area contributed by atoms with Crippen molar-refractivity contribution >= 4 is 5.91 Å². The van der Waals surface area contributed by atoms with Gasteiger partial charge >= 0.3 is 6.18 Å². The first-order valence-corrected chi connectivity index (χ1v) is 3.35. The largest absolute Gasteiger partial charge is 0.392 e. The van der Waals surface area contributed by atoms with Gasteiger partial charge in [-0.25, -0.2) is 0 Å². The molecule has 0 heterocycles. The molecule has 0 radical (unpaired) electrons. The predicted octanol–water partition coefficient (Wildman–Crippen LogP) is 0.175. The summed E-state index contributed by atoms with van der Waals surface area (Å²) in [7, 11) is 0. The number of carbonyl (C=O) groups is 1. The van der Waals surface area contributed by atoms with Gasteiger partial charge in [0.2, 0.25) is 5.91 Å². The van der Waals surface area contributed by atoms with E-state index in [1.807, 2.05) is 0 Å². The molecular formula is C6H8F3NO2. The van der Waals surface area contributed by atoms with E-state index in [-0.39, 0.29) is 0 Å². The van der Waals surface area contributed by atoms with Gasteiger partial charge in [-0.2, -0.15) is 13.2 Å². The summed E-state index contributed by atoms with van der Waals surface area (Å²) in [5, 5.41) is 9.05. The Balaban J connectivity index is 2.53. The topological polar surface area (TPSA) is 63.3 Å². The smallest absolute Gasteiger partial charge is 0.380 e. The number of alkyl halides is 3. The summed E-state index contributed by atoms with van der Waals surface area (Å²) in [6.45, 7) is 0. The van der Waals surface area contributed by atoms with E-state index in [0.29, 0.717) is 0 Å². The minimum absolute atomic E-state index is 0.605. The molecule has 1 saturated carbocycles. The maximum absolute atomic E-state index is 11.8. The zero-order valence-electron chi connectivity index (χ0n) is 6.06. The van der Waals surface area contributed by atoms with E-state index in [1.165, 1.54) is 0 Å². The normalized spacial score (nSPS) is 35.8. The second-order valence-corrected chi connectivity index (χ2v) is 3.04. The predicted molar refractivity (Wildman–Crippen MR) is 32.9 cm³/mol. The number of nitrogens with two attached hydrogens (primary N) is 1. The summed E-state index contributed by atoms with van der Waals surface area (Å²) < 4.78 is 35.5. The summed E-state index contributed by atoms with van der Waals surface area (Å²) >= 11 is 0. The summed E-state index contributed by atoms with van der Waals surface area (Å²) in [4.78, 5) is 10.4. The van der Waals surface area contributed by atoms with Crippen LogP contribution in [0.3, 0.4) is 0 Å². The molecule has 6 heteroatoms. The van der Waals surface area contributed by atoms with Gasteiger partial charge in [0.25, 0.3) is 0 Å². The summed E-state index contributed by atoms with van der Waals surface area (Å²) in [5.74, 6) is -2.67. The van der Waals surface area contributed by atoms with Crippen LogP contribution in [-0.4, -0.2) is 22.8 Å². The first-order chi connectivity index (χ1) is 5.26. The van der Waals surface area contributed by atoms with E-state index in [2.05, 4.69) is 5.73 Å². The Bertz CT molecular complexity index is 207. The van der Waals surface area contributed by atoms with Crippen LogP contribution in [0.2, 0.25) is 0 Å². The molecule has 12 heavy (non-hydrogen) atoms. The molecule has 0 saturated heterocycles. The second-order valence-electron chi connectivity index (χ2n) is 3.04. The third kappa shape index (κ3) is 1.38. The summed E-state index contributed by atoms with van der Waals surface area (Å²) in [6.07, 6.45) is -5.54. The molecule has 1 aliphatic carbocycles. The Kier molecular flexibility index (Phi) is 1.82. The van der Waals surface area contributed by atoms with Gasteiger partial charge in [0.1, 0.15) is 5.60 Å². The zero-order valence-corrected chi connectivity index (χ0v) is 6.06. The van der Waals surface area contributed by atoms with Crippen LogP contribution in [-0.2, 0) is 4.79 Å². The fraction of sp³-hybridized carbons (Fsp3) is 0.833. The van der Waals surface area contributed by atoms with Crippen LogP contribution in [0.25, 0.3) is 0 Å². The highest BCUT2D eigenvalue weighted by atomic mass is 19.4. The Morgan fingerprint density at radius 3 is 2.17 bits per heavy atom. The minimum Gasteiger partial charge on any atom is -0.380 e. The summed E-state index contributed by atoms with van der Waals surface area (Å²) in [5.41, 5.74) is 2.75. The lowest BCUT2D eigenvalue weighted by atomic mass is 9.70. The maximum Gasteiger partial charge on any atom is 0.392 e. The van der Waals surface area contributed by atoms with Crippen LogP contribution in [0.1, 0.15) is 12.8 Å². The van der Waals surface area contributed by atoms with Gasteiger partial charge in [-0.15, -0.1) is 0 Å². The molecule has 0 spiro atoms. The zero-order chi connectivity index (χ0) is 9.57. The SMILES string of the molecule is NC(=O)C1(O)CC(C(F)(F)F)C1. The number of primary amides is 1. The maximum atomic E-state index is 11.8. The van der Waals surface area contributed by atoms with Gasteiger partial charge in [-0.1, -0.05) is 0 Å². The van der Waals surface area contributed by atoms with Crippen molar-refractivity contribution in [3.8, 4) is 0 Å². The quantitative estimate of drug-likeness (QED) is 0.608. The molecule has 3 nitrogen and oxygen atoms in total. The van der Waals surface area contributed by atoms with Crippen LogP contribution >= 0.6 is 0 Å². The van der Waals surface area contributed by atoms with Crippen LogP contribution in [0, 0.1) is 5.92 Å². The van der Waals surface area contributed by atoms with Gasteiger partial charge in [0.05, 0.1) is 5.92 Å². The third-order valence-corrected chi connectivity index (χ3v) is 2.09. The van der Waals surface area contributed by atoms with Crippen molar-refractivity contribution in [2.45, 2.75) is 24.6 Å². The van der Waals surface area contributed by atoms with Crippen LogP contribution < -0.4 is 5.73 Å². The molecule has 1 aliphatic rings. The van der Waals surface area contributed by atoms with Crippen LogP contribution in [0.15, 0.2) is 0 Å². The highest BCUT2D eigenvalue weighted by Gasteiger charge is 2.57. The molecule has 0 aromatic heterocycles. The van der Waals surface area contributed by atoms with Gasteiger partial charge in [0, 0.05) is 0 Å². The van der Waals surface area contributed by atoms with Gasteiger partial charge in [-0.3, -0.25) is 4.79 Å². The number of hydrogen-bond acceptors (Lipinski definition) is 2. The Morgan fingerprint density at radius 2 is 1.92 bits per heavy atom. The molecule has 0 unspecified atom stereocenters. The third-order valence-electron chi connectivity index (χ3n) is 2.09. The van der Waals surface area contributed by atoms with E-state index in [1.54, 1.807) is 0 Å². The van der Waals surface area contributed by atoms with E-state index in [0.717, 1.165) is 0 Å². The first-order valence-electron chi connectivity index (χ1n) is 3.35. The summed E-state index contributed by atoms with van der Waals surface area (Å²) in [6, 6.07) is 0. The van der Waals surface area contributed by atoms with E-state index < -0.39 is 36.4 Å². The number of rotatable bonds is 1. The lowest BCUT2D eigenvalue weighted by Crippen LogP contribution is -2.57.